The summed E-state index contributed by atoms with van der Waals surface area (Å²) in [7, 11) is 0. The molecule has 0 bridgehead atoms. The molecule has 4 heteroatoms. The molecule has 0 aromatic heterocycles. The lowest BCUT2D eigenvalue weighted by atomic mass is 9.54. The Morgan fingerprint density at radius 2 is 2.12 bits per heavy atom. The molecule has 0 aromatic rings. The summed E-state index contributed by atoms with van der Waals surface area (Å²) in [4.78, 5) is 11.9. The molecule has 98 valence electrons. The SMILES string of the molecule is CCOC1CC(CO)(NC(=O)C2CC2)C1(C)C. The molecular formula is C13H23NO3. The van der Waals surface area contributed by atoms with Crippen LogP contribution < -0.4 is 5.32 Å². The molecule has 17 heavy (non-hydrogen) atoms. The summed E-state index contributed by atoms with van der Waals surface area (Å²) >= 11 is 0. The Balaban J connectivity index is 2.03. The zero-order valence-corrected chi connectivity index (χ0v) is 11.0. The van der Waals surface area contributed by atoms with E-state index in [0.717, 1.165) is 12.8 Å². The van der Waals surface area contributed by atoms with Crippen LogP contribution >= 0.6 is 0 Å². The van der Waals surface area contributed by atoms with Gasteiger partial charge in [-0.25, -0.2) is 0 Å². The van der Waals surface area contributed by atoms with Crippen LogP contribution in [0.4, 0.5) is 0 Å². The number of hydrogen-bond donors (Lipinski definition) is 2. The average molecular weight is 241 g/mol. The largest absolute Gasteiger partial charge is 0.394 e. The summed E-state index contributed by atoms with van der Waals surface area (Å²) in [6, 6.07) is 0. The van der Waals surface area contributed by atoms with Gasteiger partial charge in [0.05, 0.1) is 18.2 Å². The van der Waals surface area contributed by atoms with Gasteiger partial charge in [0.1, 0.15) is 0 Å². The van der Waals surface area contributed by atoms with Crippen molar-refractivity contribution in [3.63, 3.8) is 0 Å². The molecule has 0 heterocycles. The highest BCUT2D eigenvalue weighted by atomic mass is 16.5. The van der Waals surface area contributed by atoms with Crippen molar-refractivity contribution in [1.82, 2.24) is 5.32 Å². The lowest BCUT2D eigenvalue weighted by molar-refractivity contribution is -0.181. The molecule has 2 atom stereocenters. The van der Waals surface area contributed by atoms with Crippen molar-refractivity contribution in [3.05, 3.63) is 0 Å². The fraction of sp³-hybridized carbons (Fsp3) is 0.923. The van der Waals surface area contributed by atoms with E-state index in [-0.39, 0.29) is 30.0 Å². The highest BCUT2D eigenvalue weighted by Crippen LogP contribution is 2.51. The minimum absolute atomic E-state index is 0.0119. The Kier molecular flexibility index (Phi) is 3.21. The molecule has 0 saturated heterocycles. The van der Waals surface area contributed by atoms with E-state index in [1.165, 1.54) is 0 Å². The number of aliphatic hydroxyl groups is 1. The lowest BCUT2D eigenvalue weighted by Crippen LogP contribution is -2.74. The van der Waals surface area contributed by atoms with Crippen molar-refractivity contribution in [1.29, 1.82) is 0 Å². The predicted molar refractivity (Wildman–Crippen MR) is 64.5 cm³/mol. The summed E-state index contributed by atoms with van der Waals surface area (Å²) in [5.74, 6) is 0.280. The van der Waals surface area contributed by atoms with E-state index in [9.17, 15) is 9.90 Å². The predicted octanol–water partition coefficient (Wildman–Crippen LogP) is 1.08. The molecule has 2 unspecified atom stereocenters. The number of hydrogen-bond acceptors (Lipinski definition) is 3. The third-order valence-corrected chi connectivity index (χ3v) is 4.52. The fourth-order valence-electron chi connectivity index (χ4n) is 2.68. The molecule has 2 N–H and O–H groups in total. The van der Waals surface area contributed by atoms with Crippen LogP contribution in [0.15, 0.2) is 0 Å². The quantitative estimate of drug-likeness (QED) is 0.757. The first-order chi connectivity index (χ1) is 7.97. The second kappa shape index (κ2) is 4.25. The molecule has 0 radical (unpaired) electrons. The van der Waals surface area contributed by atoms with Gasteiger partial charge >= 0.3 is 0 Å². The summed E-state index contributed by atoms with van der Waals surface area (Å²) in [5, 5.41) is 12.7. The molecule has 2 aliphatic rings. The van der Waals surface area contributed by atoms with Gasteiger partial charge in [-0.15, -0.1) is 0 Å². The van der Waals surface area contributed by atoms with Crippen LogP contribution in [-0.4, -0.2) is 35.9 Å². The second-order valence-electron chi connectivity index (χ2n) is 5.87. The minimum Gasteiger partial charge on any atom is -0.394 e. The molecule has 2 rings (SSSR count). The van der Waals surface area contributed by atoms with Crippen LogP contribution in [0.25, 0.3) is 0 Å². The van der Waals surface area contributed by atoms with Gasteiger partial charge in [0, 0.05) is 24.4 Å². The Labute approximate surface area is 103 Å². The van der Waals surface area contributed by atoms with Crippen LogP contribution in [-0.2, 0) is 9.53 Å². The van der Waals surface area contributed by atoms with Crippen molar-refractivity contribution in [3.8, 4) is 0 Å². The number of aliphatic hydroxyl groups excluding tert-OH is 1. The van der Waals surface area contributed by atoms with Crippen molar-refractivity contribution in [2.75, 3.05) is 13.2 Å². The van der Waals surface area contributed by atoms with Crippen LogP contribution in [0.1, 0.15) is 40.0 Å². The van der Waals surface area contributed by atoms with Gasteiger partial charge in [-0.2, -0.15) is 0 Å². The number of carbonyl (C=O) groups is 1. The first kappa shape index (κ1) is 12.8. The maximum Gasteiger partial charge on any atom is 0.223 e. The fourth-order valence-corrected chi connectivity index (χ4v) is 2.68. The van der Waals surface area contributed by atoms with Crippen LogP contribution in [0, 0.1) is 11.3 Å². The number of ether oxygens (including phenoxy) is 1. The lowest BCUT2D eigenvalue weighted by Gasteiger charge is -2.60. The van der Waals surface area contributed by atoms with E-state index in [2.05, 4.69) is 19.2 Å². The molecule has 0 spiro atoms. The van der Waals surface area contributed by atoms with Crippen molar-refractivity contribution in [2.24, 2.45) is 11.3 Å². The zero-order valence-electron chi connectivity index (χ0n) is 11.0. The topological polar surface area (TPSA) is 58.6 Å². The third kappa shape index (κ3) is 1.97. The second-order valence-corrected chi connectivity index (χ2v) is 5.87. The molecule has 1 amide bonds. The molecule has 2 saturated carbocycles. The van der Waals surface area contributed by atoms with Gasteiger partial charge in [0.15, 0.2) is 0 Å². The van der Waals surface area contributed by atoms with E-state index < -0.39 is 5.54 Å². The van der Waals surface area contributed by atoms with E-state index in [1.54, 1.807) is 0 Å². The molecule has 2 aliphatic carbocycles. The monoisotopic (exact) mass is 241 g/mol. The van der Waals surface area contributed by atoms with Gasteiger partial charge in [0.2, 0.25) is 5.91 Å². The van der Waals surface area contributed by atoms with Gasteiger partial charge in [-0.1, -0.05) is 13.8 Å². The van der Waals surface area contributed by atoms with E-state index in [1.807, 2.05) is 6.92 Å². The summed E-state index contributed by atoms with van der Waals surface area (Å²) in [6.45, 7) is 6.74. The van der Waals surface area contributed by atoms with Crippen LogP contribution in [0.3, 0.4) is 0 Å². The summed E-state index contributed by atoms with van der Waals surface area (Å²) in [5.41, 5.74) is -0.700. The highest BCUT2D eigenvalue weighted by Gasteiger charge is 2.61. The van der Waals surface area contributed by atoms with Crippen molar-refractivity contribution < 1.29 is 14.6 Å². The number of amides is 1. The van der Waals surface area contributed by atoms with Gasteiger partial charge in [-0.05, 0) is 19.8 Å². The Bertz CT molecular complexity index is 312. The maximum atomic E-state index is 11.9. The zero-order chi connectivity index (χ0) is 12.7. The van der Waals surface area contributed by atoms with Crippen LogP contribution in [0.5, 0.6) is 0 Å². The standard InChI is InChI=1S/C13H23NO3/c1-4-17-10-7-13(8-15,12(10,2)3)14-11(16)9-5-6-9/h9-10,15H,4-8H2,1-3H3,(H,14,16). The van der Waals surface area contributed by atoms with Crippen molar-refractivity contribution >= 4 is 5.91 Å². The first-order valence-corrected chi connectivity index (χ1v) is 6.51. The van der Waals surface area contributed by atoms with Gasteiger partial charge in [0.25, 0.3) is 0 Å². The summed E-state index contributed by atoms with van der Waals surface area (Å²) in [6.07, 6.45) is 2.81. The molecule has 0 aliphatic heterocycles. The van der Waals surface area contributed by atoms with Crippen LogP contribution in [0.2, 0.25) is 0 Å². The number of nitrogens with one attached hydrogen (secondary N) is 1. The maximum absolute atomic E-state index is 11.9. The minimum atomic E-state index is -0.494. The number of rotatable bonds is 5. The third-order valence-electron chi connectivity index (χ3n) is 4.52. The van der Waals surface area contributed by atoms with Gasteiger partial charge < -0.3 is 15.2 Å². The molecular weight excluding hydrogens is 218 g/mol. The Morgan fingerprint density at radius 1 is 1.47 bits per heavy atom. The highest BCUT2D eigenvalue weighted by molar-refractivity contribution is 5.82. The number of carbonyl (C=O) groups excluding carboxylic acids is 1. The van der Waals surface area contributed by atoms with Gasteiger partial charge in [-0.3, -0.25) is 4.79 Å². The van der Waals surface area contributed by atoms with E-state index in [4.69, 9.17) is 4.74 Å². The molecule has 4 nitrogen and oxygen atoms in total. The molecule has 2 fully saturated rings. The average Bonchev–Trinajstić information content (AvgIpc) is 3.10. The smallest absolute Gasteiger partial charge is 0.223 e. The first-order valence-electron chi connectivity index (χ1n) is 6.51. The van der Waals surface area contributed by atoms with E-state index in [0.29, 0.717) is 13.0 Å². The molecule has 0 aromatic carbocycles. The Hall–Kier alpha value is -0.610. The normalized spacial score (nSPS) is 35.2. The Morgan fingerprint density at radius 3 is 2.53 bits per heavy atom. The van der Waals surface area contributed by atoms with E-state index >= 15 is 0 Å². The van der Waals surface area contributed by atoms with Crippen molar-refractivity contribution in [2.45, 2.75) is 51.7 Å². The summed E-state index contributed by atoms with van der Waals surface area (Å²) < 4.78 is 5.65.